The number of nitrogens with zero attached hydrogens (tertiary/aromatic N) is 2. The predicted molar refractivity (Wildman–Crippen MR) is 121 cm³/mol. The maximum atomic E-state index is 10.9. The number of urea groups is 1. The van der Waals surface area contributed by atoms with Crippen molar-refractivity contribution in [1.29, 1.82) is 0 Å². The summed E-state index contributed by atoms with van der Waals surface area (Å²) in [4.78, 5) is 10.9. The average Bonchev–Trinajstić information content (AvgIpc) is 2.80. The molecule has 3 N–H and O–H groups in total. The molecule has 2 aromatic carbocycles. The lowest BCUT2D eigenvalue weighted by molar-refractivity contribution is -0.921. The van der Waals surface area contributed by atoms with Crippen LogP contribution in [0.1, 0.15) is 51.8 Å². The van der Waals surface area contributed by atoms with E-state index in [0.29, 0.717) is 11.7 Å². The first-order chi connectivity index (χ1) is 14.3. The zero-order chi connectivity index (χ0) is 22.6. The van der Waals surface area contributed by atoms with Crippen LogP contribution in [-0.4, -0.2) is 47.0 Å². The Balaban J connectivity index is 0.000000424. The van der Waals surface area contributed by atoms with Gasteiger partial charge in [-0.3, -0.25) is 5.21 Å². The molecule has 0 fully saturated rings. The minimum atomic E-state index is -0.882. The molecule has 0 spiro atoms. The fraction of sp³-hybridized carbons (Fsp3) is 0.458. The van der Waals surface area contributed by atoms with Crippen LogP contribution in [-0.2, 0) is 6.61 Å². The summed E-state index contributed by atoms with van der Waals surface area (Å²) in [5, 5.41) is 10.00. The van der Waals surface area contributed by atoms with Crippen molar-refractivity contribution in [3.63, 3.8) is 0 Å². The zero-order valence-corrected chi connectivity index (χ0v) is 19.0. The number of primary amides is 1. The lowest BCUT2D eigenvalue weighted by Crippen LogP contribution is -2.47. The van der Waals surface area contributed by atoms with Gasteiger partial charge in [-0.15, -0.1) is 0 Å². The summed E-state index contributed by atoms with van der Waals surface area (Å²) in [6.45, 7) is 16.4. The highest BCUT2D eigenvalue weighted by Crippen LogP contribution is 2.22. The molecular weight excluding hydrogens is 378 g/mol. The summed E-state index contributed by atoms with van der Waals surface area (Å²) in [6.07, 6.45) is 0. The van der Waals surface area contributed by atoms with Crippen molar-refractivity contribution in [3.05, 3.63) is 65.7 Å². The Morgan fingerprint density at radius 1 is 0.967 bits per heavy atom. The highest BCUT2D eigenvalue weighted by Gasteiger charge is 2.17. The molecule has 30 heavy (non-hydrogen) atoms. The Morgan fingerprint density at radius 3 is 1.87 bits per heavy atom. The highest BCUT2D eigenvalue weighted by molar-refractivity contribution is 5.71. The quantitative estimate of drug-likeness (QED) is 0.344. The normalized spacial score (nSPS) is 11.8. The first-order valence-electron chi connectivity index (χ1n) is 10.7. The van der Waals surface area contributed by atoms with Crippen molar-refractivity contribution in [1.82, 2.24) is 5.06 Å². The van der Waals surface area contributed by atoms with Crippen molar-refractivity contribution >= 4 is 6.03 Å². The smallest absolute Gasteiger partial charge is 0.339 e. The molecule has 0 saturated carbocycles. The van der Waals surface area contributed by atoms with Gasteiger partial charge in [-0.2, -0.15) is 5.06 Å². The van der Waals surface area contributed by atoms with E-state index < -0.39 is 12.1 Å². The molecular formula is C24H38N3O3+. The molecule has 0 aliphatic carbocycles. The van der Waals surface area contributed by atoms with Gasteiger partial charge in [0.15, 0.2) is 0 Å². The molecule has 6 nitrogen and oxygen atoms in total. The van der Waals surface area contributed by atoms with Crippen LogP contribution in [0.25, 0.3) is 0 Å². The number of quaternary nitrogens is 1. The summed E-state index contributed by atoms with van der Waals surface area (Å²) < 4.78 is 6.94. The van der Waals surface area contributed by atoms with Crippen LogP contribution in [0.2, 0.25) is 0 Å². The largest absolute Gasteiger partial charge is 0.489 e. The van der Waals surface area contributed by atoms with Crippen molar-refractivity contribution in [2.75, 3.05) is 26.2 Å². The van der Waals surface area contributed by atoms with E-state index >= 15 is 0 Å². The van der Waals surface area contributed by atoms with Gasteiger partial charge in [0.2, 0.25) is 0 Å². The molecule has 0 bridgehead atoms. The molecule has 1 atom stereocenters. The van der Waals surface area contributed by atoms with Gasteiger partial charge < -0.3 is 15.0 Å². The van der Waals surface area contributed by atoms with Gasteiger partial charge in [0.1, 0.15) is 12.4 Å². The van der Waals surface area contributed by atoms with Crippen LogP contribution < -0.4 is 10.5 Å². The van der Waals surface area contributed by atoms with E-state index in [1.807, 2.05) is 30.3 Å². The standard InChI is InChI=1S/C16H18N2O3.C8H20N/c1-12(18(20)16(17)19)14-7-9-15(10-8-14)21-11-13-5-3-2-4-6-13;1-5-9(6-2,7-3)8-4/h2-10,12,20H,11H2,1H3,(H2,17,19);5-8H2,1-4H3/q;+1. The Morgan fingerprint density at radius 2 is 1.47 bits per heavy atom. The summed E-state index contributed by atoms with van der Waals surface area (Å²) in [5.74, 6) is 0.721. The van der Waals surface area contributed by atoms with Gasteiger partial charge in [0.05, 0.1) is 32.2 Å². The van der Waals surface area contributed by atoms with E-state index in [1.165, 1.54) is 30.7 Å². The second-order valence-corrected chi connectivity index (χ2v) is 7.31. The number of nitrogens with two attached hydrogens (primary N) is 1. The Kier molecular flexibility index (Phi) is 10.9. The van der Waals surface area contributed by atoms with E-state index in [-0.39, 0.29) is 0 Å². The lowest BCUT2D eigenvalue weighted by atomic mass is 10.1. The summed E-state index contributed by atoms with van der Waals surface area (Å²) >= 11 is 0. The van der Waals surface area contributed by atoms with E-state index in [1.54, 1.807) is 31.2 Å². The molecule has 0 aliphatic rings. The number of carbonyl (C=O) groups excluding carboxylic acids is 1. The number of hydrogen-bond donors (Lipinski definition) is 2. The topological polar surface area (TPSA) is 75.8 Å². The number of amides is 2. The molecule has 2 amide bonds. The third-order valence-electron chi connectivity index (χ3n) is 5.89. The highest BCUT2D eigenvalue weighted by atomic mass is 16.5. The number of benzene rings is 2. The first kappa shape index (κ1) is 25.5. The second kappa shape index (κ2) is 12.9. The molecule has 2 aromatic rings. The number of hydroxylamine groups is 2. The molecule has 0 heterocycles. The Labute approximate surface area is 181 Å². The van der Waals surface area contributed by atoms with Crippen LogP contribution in [0.3, 0.4) is 0 Å². The van der Waals surface area contributed by atoms with E-state index in [0.717, 1.165) is 16.9 Å². The molecule has 1 unspecified atom stereocenters. The summed E-state index contributed by atoms with van der Waals surface area (Å²) in [5.41, 5.74) is 6.88. The van der Waals surface area contributed by atoms with Crippen molar-refractivity contribution < 1.29 is 19.2 Å². The SMILES string of the molecule is CC(c1ccc(OCc2ccccc2)cc1)N(O)C(N)=O.CC[N+](CC)(CC)CC. The predicted octanol–water partition coefficient (Wildman–Crippen LogP) is 4.98. The molecule has 0 aliphatic heterocycles. The fourth-order valence-electron chi connectivity index (χ4n) is 3.26. The number of rotatable bonds is 9. The molecule has 0 saturated heterocycles. The van der Waals surface area contributed by atoms with Crippen molar-refractivity contribution in [3.8, 4) is 5.75 Å². The van der Waals surface area contributed by atoms with E-state index in [9.17, 15) is 10.0 Å². The Hall–Kier alpha value is -2.57. The summed E-state index contributed by atoms with van der Waals surface area (Å²) in [7, 11) is 0. The van der Waals surface area contributed by atoms with Gasteiger partial charge in [0.25, 0.3) is 0 Å². The van der Waals surface area contributed by atoms with Crippen LogP contribution in [0.15, 0.2) is 54.6 Å². The zero-order valence-electron chi connectivity index (χ0n) is 19.0. The third-order valence-corrected chi connectivity index (χ3v) is 5.89. The number of ether oxygens (including phenoxy) is 1. The molecule has 0 radical (unpaired) electrons. The van der Waals surface area contributed by atoms with Crippen LogP contribution in [0.4, 0.5) is 4.79 Å². The third kappa shape index (κ3) is 7.69. The van der Waals surface area contributed by atoms with E-state index in [4.69, 9.17) is 10.5 Å². The summed E-state index contributed by atoms with van der Waals surface area (Å²) in [6, 6.07) is 15.6. The second-order valence-electron chi connectivity index (χ2n) is 7.31. The Bertz CT molecular complexity index is 714. The molecule has 166 valence electrons. The van der Waals surface area contributed by atoms with Crippen LogP contribution in [0, 0.1) is 0 Å². The molecule has 0 aromatic heterocycles. The van der Waals surface area contributed by atoms with Crippen LogP contribution >= 0.6 is 0 Å². The van der Waals surface area contributed by atoms with Gasteiger partial charge in [-0.05, 0) is 57.9 Å². The number of carbonyl (C=O) groups is 1. The van der Waals surface area contributed by atoms with Gasteiger partial charge in [0, 0.05) is 0 Å². The minimum Gasteiger partial charge on any atom is -0.489 e. The van der Waals surface area contributed by atoms with Gasteiger partial charge in [-0.1, -0.05) is 42.5 Å². The van der Waals surface area contributed by atoms with E-state index in [2.05, 4.69) is 27.7 Å². The first-order valence-corrected chi connectivity index (χ1v) is 10.7. The molecule has 2 rings (SSSR count). The average molecular weight is 417 g/mol. The lowest BCUT2D eigenvalue weighted by Gasteiger charge is -2.34. The minimum absolute atomic E-state index is 0.489. The maximum Gasteiger partial charge on any atom is 0.339 e. The van der Waals surface area contributed by atoms with Crippen molar-refractivity contribution in [2.24, 2.45) is 5.73 Å². The van der Waals surface area contributed by atoms with Gasteiger partial charge >= 0.3 is 6.03 Å². The fourth-order valence-corrected chi connectivity index (χ4v) is 3.26. The monoisotopic (exact) mass is 416 g/mol. The van der Waals surface area contributed by atoms with Crippen molar-refractivity contribution in [2.45, 2.75) is 47.3 Å². The van der Waals surface area contributed by atoms with Crippen LogP contribution in [0.5, 0.6) is 5.75 Å². The number of hydrogen-bond acceptors (Lipinski definition) is 3. The van der Waals surface area contributed by atoms with Gasteiger partial charge in [-0.25, -0.2) is 4.79 Å². The molecule has 6 heteroatoms. The maximum absolute atomic E-state index is 10.9.